The Hall–Kier alpha value is -2.09. The normalized spacial score (nSPS) is 10.6. The van der Waals surface area contributed by atoms with E-state index in [0.29, 0.717) is 12.3 Å². The highest BCUT2D eigenvalue weighted by Crippen LogP contribution is 2.15. The number of carbonyl (C=O) groups excluding carboxylic acids is 1. The van der Waals surface area contributed by atoms with Gasteiger partial charge in [0.25, 0.3) is 0 Å². The van der Waals surface area contributed by atoms with Crippen LogP contribution >= 0.6 is 0 Å². The summed E-state index contributed by atoms with van der Waals surface area (Å²) in [4.78, 5) is 12.0. The zero-order chi connectivity index (χ0) is 15.1. The molecule has 0 saturated carbocycles. The van der Waals surface area contributed by atoms with Crippen molar-refractivity contribution < 1.29 is 9.53 Å². The summed E-state index contributed by atoms with van der Waals surface area (Å²) in [6.07, 6.45) is 1.30. The summed E-state index contributed by atoms with van der Waals surface area (Å²) in [5.74, 6) is 1.60. The molecule has 21 heavy (non-hydrogen) atoms. The van der Waals surface area contributed by atoms with Crippen LogP contribution in [-0.4, -0.2) is 12.4 Å². The molecule has 0 radical (unpaired) electrons. The van der Waals surface area contributed by atoms with Crippen LogP contribution in [0.5, 0.6) is 5.75 Å². The maximum atomic E-state index is 12.0. The quantitative estimate of drug-likeness (QED) is 0.697. The van der Waals surface area contributed by atoms with Crippen LogP contribution in [0, 0.1) is 5.92 Å². The smallest absolute Gasteiger partial charge is 0.163 e. The van der Waals surface area contributed by atoms with Crippen LogP contribution < -0.4 is 4.74 Å². The second-order valence-electron chi connectivity index (χ2n) is 5.64. The number of aryl methyl sites for hydroxylation is 1. The number of Topliss-reactive ketones (excluding diaryl/α,β-unsaturated/α-hetero) is 1. The highest BCUT2D eigenvalue weighted by molar-refractivity contribution is 5.96. The molecular weight excluding hydrogens is 260 g/mol. The number of carbonyl (C=O) groups is 1. The van der Waals surface area contributed by atoms with Gasteiger partial charge in [0.2, 0.25) is 0 Å². The molecule has 0 aromatic heterocycles. The molecule has 2 aromatic carbocycles. The average molecular weight is 282 g/mol. The van der Waals surface area contributed by atoms with Gasteiger partial charge in [-0.25, -0.2) is 0 Å². The Labute approximate surface area is 126 Å². The second-order valence-corrected chi connectivity index (χ2v) is 5.64. The molecule has 0 fully saturated rings. The van der Waals surface area contributed by atoms with Crippen molar-refractivity contribution >= 4 is 5.78 Å². The van der Waals surface area contributed by atoms with Gasteiger partial charge in [-0.3, -0.25) is 4.79 Å². The fraction of sp³-hybridized carbons (Fsp3) is 0.316. The van der Waals surface area contributed by atoms with Crippen LogP contribution in [0.15, 0.2) is 54.6 Å². The van der Waals surface area contributed by atoms with E-state index in [2.05, 4.69) is 13.8 Å². The van der Waals surface area contributed by atoms with E-state index in [0.717, 1.165) is 29.9 Å². The molecule has 110 valence electrons. The van der Waals surface area contributed by atoms with Gasteiger partial charge in [0.1, 0.15) is 5.75 Å². The zero-order valence-electron chi connectivity index (χ0n) is 12.7. The Morgan fingerprint density at radius 3 is 2.29 bits per heavy atom. The number of hydrogen-bond donors (Lipinski definition) is 0. The van der Waals surface area contributed by atoms with Crippen molar-refractivity contribution in [3.8, 4) is 5.75 Å². The van der Waals surface area contributed by atoms with Gasteiger partial charge in [-0.15, -0.1) is 0 Å². The van der Waals surface area contributed by atoms with Crippen LogP contribution in [0.25, 0.3) is 0 Å². The van der Waals surface area contributed by atoms with Gasteiger partial charge in [-0.1, -0.05) is 56.3 Å². The number of ether oxygens (including phenoxy) is 1. The molecule has 0 unspecified atom stereocenters. The summed E-state index contributed by atoms with van der Waals surface area (Å²) in [7, 11) is 0. The van der Waals surface area contributed by atoms with E-state index in [4.69, 9.17) is 4.74 Å². The first kappa shape index (κ1) is 15.3. The summed E-state index contributed by atoms with van der Waals surface area (Å²) in [6.45, 7) is 4.99. The minimum atomic E-state index is 0.190. The largest absolute Gasteiger partial charge is 0.493 e. The molecule has 0 amide bonds. The van der Waals surface area contributed by atoms with Crippen LogP contribution in [0.2, 0.25) is 0 Å². The third kappa shape index (κ3) is 5.07. The standard InChI is InChI=1S/C19H22O2/c1-15(2)14-21-18-11-8-16(9-12-18)10-13-19(20)17-6-4-3-5-7-17/h3-9,11-12,15H,10,13-14H2,1-2H3. The van der Waals surface area contributed by atoms with Gasteiger partial charge in [0.15, 0.2) is 5.78 Å². The van der Waals surface area contributed by atoms with E-state index < -0.39 is 0 Å². The first-order valence-corrected chi connectivity index (χ1v) is 7.45. The van der Waals surface area contributed by atoms with Gasteiger partial charge in [0.05, 0.1) is 6.61 Å². The summed E-state index contributed by atoms with van der Waals surface area (Å²) >= 11 is 0. The van der Waals surface area contributed by atoms with Crippen LogP contribution in [0.3, 0.4) is 0 Å². The van der Waals surface area contributed by atoms with E-state index >= 15 is 0 Å². The Morgan fingerprint density at radius 2 is 1.67 bits per heavy atom. The number of rotatable bonds is 7. The van der Waals surface area contributed by atoms with Crippen LogP contribution in [0.4, 0.5) is 0 Å². The van der Waals surface area contributed by atoms with Gasteiger partial charge < -0.3 is 4.74 Å². The van der Waals surface area contributed by atoms with E-state index in [9.17, 15) is 4.79 Å². The lowest BCUT2D eigenvalue weighted by Crippen LogP contribution is -2.04. The lowest BCUT2D eigenvalue weighted by atomic mass is 10.0. The molecule has 2 rings (SSSR count). The third-order valence-corrected chi connectivity index (χ3v) is 3.24. The molecule has 0 aliphatic carbocycles. The SMILES string of the molecule is CC(C)COc1ccc(CCC(=O)c2ccccc2)cc1. The molecule has 0 atom stereocenters. The highest BCUT2D eigenvalue weighted by atomic mass is 16.5. The molecule has 0 N–H and O–H groups in total. The van der Waals surface area contributed by atoms with Gasteiger partial charge in [-0.05, 0) is 30.0 Å². The molecule has 0 bridgehead atoms. The average Bonchev–Trinajstić information content (AvgIpc) is 2.52. The molecule has 2 nitrogen and oxygen atoms in total. The fourth-order valence-corrected chi connectivity index (χ4v) is 2.04. The number of ketones is 1. The third-order valence-electron chi connectivity index (χ3n) is 3.24. The molecule has 0 saturated heterocycles. The first-order valence-electron chi connectivity index (χ1n) is 7.45. The Balaban J connectivity index is 1.85. The minimum Gasteiger partial charge on any atom is -0.493 e. The van der Waals surface area contributed by atoms with Crippen LogP contribution in [0.1, 0.15) is 36.2 Å². The molecule has 0 aliphatic heterocycles. The second kappa shape index (κ2) is 7.63. The van der Waals surface area contributed by atoms with Crippen molar-refractivity contribution in [3.63, 3.8) is 0 Å². The molecule has 0 aliphatic rings. The summed E-state index contributed by atoms with van der Waals surface area (Å²) in [5.41, 5.74) is 1.95. The van der Waals surface area contributed by atoms with Gasteiger partial charge >= 0.3 is 0 Å². The van der Waals surface area contributed by atoms with Gasteiger partial charge in [0, 0.05) is 12.0 Å². The number of benzene rings is 2. The van der Waals surface area contributed by atoms with Crippen molar-refractivity contribution in [1.29, 1.82) is 0 Å². The Bertz CT molecular complexity index is 556. The summed E-state index contributed by atoms with van der Waals surface area (Å²) in [5, 5.41) is 0. The van der Waals surface area contributed by atoms with Gasteiger partial charge in [-0.2, -0.15) is 0 Å². The Morgan fingerprint density at radius 1 is 1.00 bits per heavy atom. The molecule has 0 spiro atoms. The fourth-order valence-electron chi connectivity index (χ4n) is 2.04. The first-order chi connectivity index (χ1) is 10.1. The molecule has 2 heteroatoms. The van der Waals surface area contributed by atoms with Crippen molar-refractivity contribution in [3.05, 3.63) is 65.7 Å². The lowest BCUT2D eigenvalue weighted by molar-refractivity contribution is 0.0983. The van der Waals surface area contributed by atoms with Crippen molar-refractivity contribution in [2.45, 2.75) is 26.7 Å². The zero-order valence-corrected chi connectivity index (χ0v) is 12.7. The van der Waals surface area contributed by atoms with Crippen molar-refractivity contribution in [2.75, 3.05) is 6.61 Å². The summed E-state index contributed by atoms with van der Waals surface area (Å²) < 4.78 is 5.65. The van der Waals surface area contributed by atoms with E-state index in [1.54, 1.807) is 0 Å². The van der Waals surface area contributed by atoms with Crippen molar-refractivity contribution in [2.24, 2.45) is 5.92 Å². The van der Waals surface area contributed by atoms with E-state index in [1.807, 2.05) is 54.6 Å². The van der Waals surface area contributed by atoms with E-state index in [-0.39, 0.29) is 5.78 Å². The maximum Gasteiger partial charge on any atom is 0.163 e. The number of hydrogen-bond acceptors (Lipinski definition) is 2. The maximum absolute atomic E-state index is 12.0. The molecule has 0 heterocycles. The summed E-state index contributed by atoms with van der Waals surface area (Å²) in [6, 6.07) is 17.5. The predicted octanol–water partition coefficient (Wildman–Crippen LogP) is 4.54. The monoisotopic (exact) mass is 282 g/mol. The van der Waals surface area contributed by atoms with E-state index in [1.165, 1.54) is 0 Å². The van der Waals surface area contributed by atoms with Crippen LogP contribution in [-0.2, 0) is 6.42 Å². The molecular formula is C19H22O2. The topological polar surface area (TPSA) is 26.3 Å². The lowest BCUT2D eigenvalue weighted by Gasteiger charge is -2.09. The molecule has 2 aromatic rings. The Kier molecular flexibility index (Phi) is 5.56. The minimum absolute atomic E-state index is 0.190. The predicted molar refractivity (Wildman–Crippen MR) is 85.9 cm³/mol. The highest BCUT2D eigenvalue weighted by Gasteiger charge is 2.05. The van der Waals surface area contributed by atoms with Crippen molar-refractivity contribution in [1.82, 2.24) is 0 Å².